The van der Waals surface area contributed by atoms with Gasteiger partial charge < -0.3 is 4.74 Å². The standard InChI is InChI=1S/C15H12BrNO4/c16-13-6-3-5-12(10-18)15(13)21-9-8-11-4-1-2-7-14(11)17(19)20/h1-7,10H,8-9H2. The van der Waals surface area contributed by atoms with E-state index in [9.17, 15) is 14.9 Å². The third kappa shape index (κ3) is 3.66. The summed E-state index contributed by atoms with van der Waals surface area (Å²) < 4.78 is 6.27. The van der Waals surface area contributed by atoms with Crippen molar-refractivity contribution in [3.05, 3.63) is 68.2 Å². The molecule has 0 fully saturated rings. The fraction of sp³-hybridized carbons (Fsp3) is 0.133. The summed E-state index contributed by atoms with van der Waals surface area (Å²) in [5.74, 6) is 0.450. The van der Waals surface area contributed by atoms with Gasteiger partial charge in [0, 0.05) is 18.1 Å². The minimum absolute atomic E-state index is 0.0730. The Kier molecular flexibility index (Phi) is 5.05. The lowest BCUT2D eigenvalue weighted by molar-refractivity contribution is -0.385. The van der Waals surface area contributed by atoms with Gasteiger partial charge in [-0.1, -0.05) is 24.3 Å². The normalized spacial score (nSPS) is 10.1. The van der Waals surface area contributed by atoms with E-state index in [1.807, 2.05) is 0 Å². The highest BCUT2D eigenvalue weighted by Gasteiger charge is 2.13. The van der Waals surface area contributed by atoms with E-state index in [0.717, 1.165) is 0 Å². The van der Waals surface area contributed by atoms with Gasteiger partial charge in [-0.2, -0.15) is 0 Å². The van der Waals surface area contributed by atoms with E-state index in [-0.39, 0.29) is 12.3 Å². The Balaban J connectivity index is 2.09. The third-order valence-corrected chi connectivity index (χ3v) is 3.55. The molecule has 2 aromatic carbocycles. The number of carbonyl (C=O) groups excluding carboxylic acids is 1. The SMILES string of the molecule is O=Cc1cccc(Br)c1OCCc1ccccc1[N+](=O)[O-]. The lowest BCUT2D eigenvalue weighted by Crippen LogP contribution is -2.05. The Morgan fingerprint density at radius 2 is 1.95 bits per heavy atom. The second-order valence-electron chi connectivity index (χ2n) is 4.26. The molecule has 0 heterocycles. The van der Waals surface area contributed by atoms with E-state index in [2.05, 4.69) is 15.9 Å². The largest absolute Gasteiger partial charge is 0.491 e. The number of hydrogen-bond donors (Lipinski definition) is 0. The number of para-hydroxylation sites is 2. The Morgan fingerprint density at radius 1 is 1.19 bits per heavy atom. The fourth-order valence-corrected chi connectivity index (χ4v) is 2.43. The van der Waals surface area contributed by atoms with Gasteiger partial charge in [0.2, 0.25) is 0 Å². The Morgan fingerprint density at radius 3 is 2.67 bits per heavy atom. The van der Waals surface area contributed by atoms with Crippen LogP contribution < -0.4 is 4.74 Å². The molecule has 0 unspecified atom stereocenters. The number of nitro benzene ring substituents is 1. The van der Waals surface area contributed by atoms with Crippen LogP contribution >= 0.6 is 15.9 Å². The molecule has 0 bridgehead atoms. The molecule has 0 radical (unpaired) electrons. The van der Waals surface area contributed by atoms with Crippen LogP contribution in [0.2, 0.25) is 0 Å². The summed E-state index contributed by atoms with van der Waals surface area (Å²) in [6, 6.07) is 11.7. The van der Waals surface area contributed by atoms with Crippen molar-refractivity contribution in [2.24, 2.45) is 0 Å². The second kappa shape index (κ2) is 6.99. The maximum atomic E-state index is 11.0. The van der Waals surface area contributed by atoms with Crippen LogP contribution in [0.1, 0.15) is 15.9 Å². The Bertz CT molecular complexity index is 672. The van der Waals surface area contributed by atoms with Crippen molar-refractivity contribution in [2.75, 3.05) is 6.61 Å². The molecule has 0 saturated heterocycles. The van der Waals surface area contributed by atoms with Crippen LogP contribution in [0, 0.1) is 10.1 Å². The first-order valence-corrected chi connectivity index (χ1v) is 7.01. The minimum Gasteiger partial charge on any atom is -0.491 e. The van der Waals surface area contributed by atoms with Crippen molar-refractivity contribution >= 4 is 27.9 Å². The lowest BCUT2D eigenvalue weighted by Gasteiger charge is -2.10. The molecule has 5 nitrogen and oxygen atoms in total. The van der Waals surface area contributed by atoms with Crippen LogP contribution in [0.15, 0.2) is 46.9 Å². The average molecular weight is 350 g/mol. The zero-order chi connectivity index (χ0) is 15.2. The number of benzene rings is 2. The highest BCUT2D eigenvalue weighted by atomic mass is 79.9. The van der Waals surface area contributed by atoms with Crippen LogP contribution in [-0.2, 0) is 6.42 Å². The number of nitrogens with zero attached hydrogens (tertiary/aromatic N) is 1. The number of hydrogen-bond acceptors (Lipinski definition) is 4. The summed E-state index contributed by atoms with van der Waals surface area (Å²) in [4.78, 5) is 21.5. The maximum Gasteiger partial charge on any atom is 0.272 e. The summed E-state index contributed by atoms with van der Waals surface area (Å²) >= 11 is 3.32. The summed E-state index contributed by atoms with van der Waals surface area (Å²) in [5.41, 5.74) is 1.11. The van der Waals surface area contributed by atoms with Crippen LogP contribution in [0.4, 0.5) is 5.69 Å². The highest BCUT2D eigenvalue weighted by molar-refractivity contribution is 9.10. The van der Waals surface area contributed by atoms with Crippen molar-refractivity contribution in [3.8, 4) is 5.75 Å². The number of halogens is 1. The maximum absolute atomic E-state index is 11.0. The van der Waals surface area contributed by atoms with Crippen molar-refractivity contribution in [3.63, 3.8) is 0 Å². The van der Waals surface area contributed by atoms with Crippen LogP contribution in [0.25, 0.3) is 0 Å². The number of ether oxygens (including phenoxy) is 1. The third-order valence-electron chi connectivity index (χ3n) is 2.93. The number of nitro groups is 1. The van der Waals surface area contributed by atoms with Gasteiger partial charge in [0.25, 0.3) is 5.69 Å². The lowest BCUT2D eigenvalue weighted by atomic mass is 10.1. The first-order valence-electron chi connectivity index (χ1n) is 6.22. The molecule has 0 atom stereocenters. The van der Waals surface area contributed by atoms with E-state index in [1.54, 1.807) is 36.4 Å². The van der Waals surface area contributed by atoms with E-state index in [0.29, 0.717) is 34.1 Å². The molecule has 108 valence electrons. The van der Waals surface area contributed by atoms with Gasteiger partial charge in [0.15, 0.2) is 6.29 Å². The monoisotopic (exact) mass is 349 g/mol. The summed E-state index contributed by atoms with van der Waals surface area (Å²) in [6.45, 7) is 0.244. The van der Waals surface area contributed by atoms with Gasteiger partial charge in [-0.05, 0) is 28.1 Å². The average Bonchev–Trinajstić information content (AvgIpc) is 2.49. The van der Waals surface area contributed by atoms with Crippen molar-refractivity contribution in [1.29, 1.82) is 0 Å². The predicted molar refractivity (Wildman–Crippen MR) is 81.8 cm³/mol. The molecule has 0 aromatic heterocycles. The van der Waals surface area contributed by atoms with Crippen LogP contribution in [0.5, 0.6) is 5.75 Å². The first kappa shape index (κ1) is 15.2. The van der Waals surface area contributed by atoms with Crippen LogP contribution in [-0.4, -0.2) is 17.8 Å². The highest BCUT2D eigenvalue weighted by Crippen LogP contribution is 2.28. The van der Waals surface area contributed by atoms with E-state index in [1.165, 1.54) is 6.07 Å². The molecular formula is C15H12BrNO4. The Labute approximate surface area is 129 Å². The first-order chi connectivity index (χ1) is 10.1. The molecule has 0 aliphatic rings. The topological polar surface area (TPSA) is 69.4 Å². The Hall–Kier alpha value is -2.21. The minimum atomic E-state index is -0.412. The zero-order valence-corrected chi connectivity index (χ0v) is 12.6. The van der Waals surface area contributed by atoms with Crippen molar-refractivity contribution in [2.45, 2.75) is 6.42 Å². The molecule has 0 spiro atoms. The number of rotatable bonds is 6. The second-order valence-corrected chi connectivity index (χ2v) is 5.11. The summed E-state index contributed by atoms with van der Waals surface area (Å²) in [6.07, 6.45) is 1.10. The smallest absolute Gasteiger partial charge is 0.272 e. The molecule has 0 amide bonds. The zero-order valence-electron chi connectivity index (χ0n) is 11.0. The quantitative estimate of drug-likeness (QED) is 0.452. The van der Waals surface area contributed by atoms with E-state index >= 15 is 0 Å². The molecule has 21 heavy (non-hydrogen) atoms. The molecule has 0 aliphatic heterocycles. The van der Waals surface area contributed by atoms with Gasteiger partial charge in [0.1, 0.15) is 5.75 Å². The predicted octanol–water partition coefficient (Wildman–Crippen LogP) is 3.79. The molecular weight excluding hydrogens is 338 g/mol. The molecule has 2 aromatic rings. The summed E-state index contributed by atoms with van der Waals surface area (Å²) in [5, 5.41) is 10.9. The molecule has 0 saturated carbocycles. The van der Waals surface area contributed by atoms with E-state index in [4.69, 9.17) is 4.74 Å². The van der Waals surface area contributed by atoms with Gasteiger partial charge >= 0.3 is 0 Å². The van der Waals surface area contributed by atoms with Gasteiger partial charge in [-0.25, -0.2) is 0 Å². The number of aldehydes is 1. The summed E-state index contributed by atoms with van der Waals surface area (Å²) in [7, 11) is 0. The van der Waals surface area contributed by atoms with Gasteiger partial charge in [-0.15, -0.1) is 0 Å². The van der Waals surface area contributed by atoms with Crippen LogP contribution in [0.3, 0.4) is 0 Å². The molecule has 0 aliphatic carbocycles. The molecule has 2 rings (SSSR count). The fourth-order valence-electron chi connectivity index (χ4n) is 1.93. The molecule has 0 N–H and O–H groups in total. The van der Waals surface area contributed by atoms with E-state index < -0.39 is 4.92 Å². The van der Waals surface area contributed by atoms with Gasteiger partial charge in [0.05, 0.1) is 21.6 Å². The number of carbonyl (C=O) groups is 1. The van der Waals surface area contributed by atoms with Gasteiger partial charge in [-0.3, -0.25) is 14.9 Å². The van der Waals surface area contributed by atoms with Crippen molar-refractivity contribution < 1.29 is 14.5 Å². The molecule has 6 heteroatoms. The van der Waals surface area contributed by atoms with Crippen molar-refractivity contribution in [1.82, 2.24) is 0 Å².